The highest BCUT2D eigenvalue weighted by Crippen LogP contribution is 2.29. The van der Waals surface area contributed by atoms with Crippen molar-refractivity contribution in [2.75, 3.05) is 7.11 Å². The highest BCUT2D eigenvalue weighted by Gasteiger charge is 2.18. The first kappa shape index (κ1) is 14.5. The Morgan fingerprint density at radius 3 is 2.50 bits per heavy atom. The van der Waals surface area contributed by atoms with Gasteiger partial charge in [0.05, 0.1) is 12.7 Å². The van der Waals surface area contributed by atoms with Crippen LogP contribution in [0, 0.1) is 17.1 Å². The lowest BCUT2D eigenvalue weighted by Crippen LogP contribution is -2.04. The maximum absolute atomic E-state index is 14.1. The van der Waals surface area contributed by atoms with E-state index in [1.165, 1.54) is 12.1 Å². The average Bonchev–Trinajstić information content (AvgIpc) is 2.48. The quantitative estimate of drug-likeness (QED) is 0.933. The molecule has 20 heavy (non-hydrogen) atoms. The second-order valence-corrected chi connectivity index (χ2v) is 5.06. The van der Waals surface area contributed by atoms with Gasteiger partial charge in [0.2, 0.25) is 0 Å². The van der Waals surface area contributed by atoms with Gasteiger partial charge in [-0.2, -0.15) is 5.26 Å². The van der Waals surface area contributed by atoms with Crippen molar-refractivity contribution in [2.24, 2.45) is 0 Å². The molecule has 0 saturated heterocycles. The van der Waals surface area contributed by atoms with Crippen molar-refractivity contribution in [2.45, 2.75) is 6.10 Å². The van der Waals surface area contributed by atoms with E-state index < -0.39 is 11.9 Å². The summed E-state index contributed by atoms with van der Waals surface area (Å²) in [6, 6.07) is 11.3. The first-order chi connectivity index (χ1) is 9.56. The van der Waals surface area contributed by atoms with Gasteiger partial charge in [0.1, 0.15) is 23.7 Å². The Morgan fingerprint density at radius 1 is 1.30 bits per heavy atom. The van der Waals surface area contributed by atoms with Crippen molar-refractivity contribution in [1.82, 2.24) is 0 Å². The van der Waals surface area contributed by atoms with Crippen LogP contribution in [0.3, 0.4) is 0 Å². The molecule has 0 aliphatic rings. The molecule has 0 amide bonds. The monoisotopic (exact) mass is 335 g/mol. The summed E-state index contributed by atoms with van der Waals surface area (Å²) in [5.41, 5.74) is 0.467. The summed E-state index contributed by atoms with van der Waals surface area (Å²) in [6.45, 7) is 0. The number of halogens is 2. The first-order valence-corrected chi connectivity index (χ1v) is 6.57. The molecule has 1 atom stereocenters. The fourth-order valence-corrected chi connectivity index (χ4v) is 2.33. The number of aliphatic hydroxyl groups is 1. The Labute approximate surface area is 124 Å². The zero-order chi connectivity index (χ0) is 14.7. The number of methoxy groups -OCH3 is 1. The van der Waals surface area contributed by atoms with Crippen LogP contribution in [0.4, 0.5) is 4.39 Å². The Balaban J connectivity index is 2.44. The molecule has 1 unspecified atom stereocenters. The summed E-state index contributed by atoms with van der Waals surface area (Å²) < 4.78 is 19.7. The summed E-state index contributed by atoms with van der Waals surface area (Å²) in [7, 11) is 1.54. The molecule has 2 aromatic rings. The van der Waals surface area contributed by atoms with Gasteiger partial charge in [-0.05, 0) is 29.8 Å². The smallest absolute Gasteiger partial charge is 0.147 e. The van der Waals surface area contributed by atoms with Crippen LogP contribution in [-0.2, 0) is 0 Å². The van der Waals surface area contributed by atoms with Crippen molar-refractivity contribution in [1.29, 1.82) is 5.26 Å². The summed E-state index contributed by atoms with van der Waals surface area (Å²) in [5.74, 6) is -0.0626. The number of benzene rings is 2. The largest absolute Gasteiger partial charge is 0.497 e. The predicted molar refractivity (Wildman–Crippen MR) is 75.9 cm³/mol. The van der Waals surface area contributed by atoms with Gasteiger partial charge in [-0.15, -0.1) is 0 Å². The summed E-state index contributed by atoms with van der Waals surface area (Å²) in [4.78, 5) is 0. The van der Waals surface area contributed by atoms with Crippen LogP contribution in [0.2, 0.25) is 0 Å². The van der Waals surface area contributed by atoms with E-state index >= 15 is 0 Å². The second-order valence-electron chi connectivity index (χ2n) is 4.14. The highest BCUT2D eigenvalue weighted by molar-refractivity contribution is 9.10. The molecule has 2 aromatic carbocycles. The third-order valence-electron chi connectivity index (χ3n) is 2.91. The van der Waals surface area contributed by atoms with E-state index in [2.05, 4.69) is 15.9 Å². The maximum atomic E-state index is 14.1. The molecule has 5 heteroatoms. The van der Waals surface area contributed by atoms with Crippen LogP contribution >= 0.6 is 15.9 Å². The van der Waals surface area contributed by atoms with E-state index in [1.807, 2.05) is 0 Å². The van der Waals surface area contributed by atoms with E-state index in [-0.39, 0.29) is 11.1 Å². The number of nitriles is 1. The molecule has 0 radical (unpaired) electrons. The van der Waals surface area contributed by atoms with Crippen LogP contribution in [0.15, 0.2) is 40.9 Å². The van der Waals surface area contributed by atoms with Gasteiger partial charge in [-0.25, -0.2) is 4.39 Å². The van der Waals surface area contributed by atoms with Gasteiger partial charge in [-0.1, -0.05) is 28.1 Å². The SMILES string of the molecule is COc1ccc(C(O)c2cc(Br)cc(C#N)c2F)cc1. The first-order valence-electron chi connectivity index (χ1n) is 5.78. The zero-order valence-electron chi connectivity index (χ0n) is 10.6. The van der Waals surface area contributed by atoms with Crippen molar-refractivity contribution in [3.63, 3.8) is 0 Å². The number of hydrogen-bond donors (Lipinski definition) is 1. The van der Waals surface area contributed by atoms with Crippen molar-refractivity contribution < 1.29 is 14.2 Å². The van der Waals surface area contributed by atoms with E-state index in [0.29, 0.717) is 15.8 Å². The Bertz CT molecular complexity index is 665. The molecule has 0 aromatic heterocycles. The Hall–Kier alpha value is -1.90. The van der Waals surface area contributed by atoms with Gasteiger partial charge in [0.25, 0.3) is 0 Å². The standard InChI is InChI=1S/C15H11BrFNO2/c1-20-12-4-2-9(3-5-12)15(19)13-7-11(16)6-10(8-18)14(13)17/h2-7,15,19H,1H3. The third kappa shape index (κ3) is 2.82. The molecule has 0 aliphatic heterocycles. The van der Waals surface area contributed by atoms with Gasteiger partial charge in [0, 0.05) is 10.0 Å². The lowest BCUT2D eigenvalue weighted by molar-refractivity contribution is 0.214. The van der Waals surface area contributed by atoms with Gasteiger partial charge in [-0.3, -0.25) is 0 Å². The fraction of sp³-hybridized carbons (Fsp3) is 0.133. The average molecular weight is 336 g/mol. The molecule has 102 valence electrons. The number of hydrogen-bond acceptors (Lipinski definition) is 3. The van der Waals surface area contributed by atoms with E-state index in [0.717, 1.165) is 0 Å². The van der Waals surface area contributed by atoms with Crippen LogP contribution in [0.25, 0.3) is 0 Å². The number of rotatable bonds is 3. The van der Waals surface area contributed by atoms with Crippen molar-refractivity contribution in [3.05, 3.63) is 63.4 Å². The van der Waals surface area contributed by atoms with Crippen LogP contribution in [0.1, 0.15) is 22.8 Å². The molecule has 0 aliphatic carbocycles. The van der Waals surface area contributed by atoms with Crippen LogP contribution < -0.4 is 4.74 Å². The molecule has 2 rings (SSSR count). The lowest BCUT2D eigenvalue weighted by atomic mass is 9.99. The van der Waals surface area contributed by atoms with Crippen LogP contribution in [-0.4, -0.2) is 12.2 Å². The fourth-order valence-electron chi connectivity index (χ4n) is 1.86. The molecule has 0 spiro atoms. The third-order valence-corrected chi connectivity index (χ3v) is 3.37. The summed E-state index contributed by atoms with van der Waals surface area (Å²) in [6.07, 6.45) is -1.15. The summed E-state index contributed by atoms with van der Waals surface area (Å²) in [5, 5.41) is 19.1. The Kier molecular flexibility index (Phi) is 4.38. The molecule has 3 nitrogen and oxygen atoms in total. The normalized spacial score (nSPS) is 11.8. The zero-order valence-corrected chi connectivity index (χ0v) is 12.2. The number of aliphatic hydroxyl groups excluding tert-OH is 1. The molecule has 1 N–H and O–H groups in total. The molecular weight excluding hydrogens is 325 g/mol. The van der Waals surface area contributed by atoms with E-state index in [9.17, 15) is 9.50 Å². The van der Waals surface area contributed by atoms with Gasteiger partial charge < -0.3 is 9.84 Å². The maximum Gasteiger partial charge on any atom is 0.147 e. The Morgan fingerprint density at radius 2 is 1.95 bits per heavy atom. The molecule has 0 fully saturated rings. The van der Waals surface area contributed by atoms with Crippen LogP contribution in [0.5, 0.6) is 5.75 Å². The van der Waals surface area contributed by atoms with Gasteiger partial charge in [0.15, 0.2) is 0 Å². The summed E-state index contributed by atoms with van der Waals surface area (Å²) >= 11 is 3.20. The second kappa shape index (κ2) is 6.04. The predicted octanol–water partition coefficient (Wildman–Crippen LogP) is 3.55. The van der Waals surface area contributed by atoms with E-state index in [1.54, 1.807) is 37.4 Å². The van der Waals surface area contributed by atoms with E-state index in [4.69, 9.17) is 10.00 Å². The highest BCUT2D eigenvalue weighted by atomic mass is 79.9. The minimum Gasteiger partial charge on any atom is -0.497 e. The minimum absolute atomic E-state index is 0.0566. The molecular formula is C15H11BrFNO2. The number of nitrogens with zero attached hydrogens (tertiary/aromatic N) is 1. The molecule has 0 bridgehead atoms. The topological polar surface area (TPSA) is 53.2 Å². The minimum atomic E-state index is -1.15. The molecule has 0 heterocycles. The van der Waals surface area contributed by atoms with Crippen molar-refractivity contribution >= 4 is 15.9 Å². The number of ether oxygens (including phenoxy) is 1. The molecule has 0 saturated carbocycles. The van der Waals surface area contributed by atoms with Gasteiger partial charge >= 0.3 is 0 Å². The van der Waals surface area contributed by atoms with Crippen molar-refractivity contribution in [3.8, 4) is 11.8 Å². The lowest BCUT2D eigenvalue weighted by Gasteiger charge is -2.14.